The number of aryl methyl sites for hydroxylation is 1. The van der Waals surface area contributed by atoms with Gasteiger partial charge in [-0.3, -0.25) is 4.79 Å². The molecule has 1 aliphatic carbocycles. The molecule has 172 valence electrons. The van der Waals surface area contributed by atoms with Crippen LogP contribution in [0, 0.1) is 12.8 Å². The number of likely N-dealkylation sites (tertiary alicyclic amines) is 1. The number of nitrogens with zero attached hydrogens (tertiary/aromatic N) is 5. The number of amidine groups is 1. The molecule has 3 N–H and O–H groups in total. The summed E-state index contributed by atoms with van der Waals surface area (Å²) in [5, 5.41) is 11.8. The van der Waals surface area contributed by atoms with Gasteiger partial charge in [0.1, 0.15) is 12.2 Å². The van der Waals surface area contributed by atoms with E-state index >= 15 is 0 Å². The van der Waals surface area contributed by atoms with Crippen LogP contribution in [0.3, 0.4) is 0 Å². The predicted octanol–water partition coefficient (Wildman–Crippen LogP) is 2.82. The van der Waals surface area contributed by atoms with E-state index in [1.54, 1.807) is 30.1 Å². The van der Waals surface area contributed by atoms with Gasteiger partial charge in [0, 0.05) is 19.1 Å². The molecular formula is C22H23Cl2N7O2. The lowest BCUT2D eigenvalue weighted by Crippen LogP contribution is -2.40. The first-order valence-electron chi connectivity index (χ1n) is 10.6. The number of aromatic nitrogens is 3. The van der Waals surface area contributed by atoms with Crippen LogP contribution in [0.1, 0.15) is 29.5 Å². The Kier molecular flexibility index (Phi) is 5.54. The maximum Gasteiger partial charge on any atom is 0.254 e. The minimum absolute atomic E-state index is 0.0523. The largest absolute Gasteiger partial charge is 0.384 e. The molecule has 2 aromatic rings. The van der Waals surface area contributed by atoms with Gasteiger partial charge in [-0.1, -0.05) is 40.0 Å². The van der Waals surface area contributed by atoms with Gasteiger partial charge in [-0.2, -0.15) is 5.10 Å². The number of nitrogens with one attached hydrogen (secondary N) is 1. The van der Waals surface area contributed by atoms with Gasteiger partial charge in [0.05, 0.1) is 32.9 Å². The Bertz CT molecular complexity index is 1200. The van der Waals surface area contributed by atoms with Crippen LogP contribution >= 0.6 is 23.2 Å². The molecule has 9 nitrogen and oxygen atoms in total. The number of hydrogen-bond acceptors (Lipinski definition) is 7. The summed E-state index contributed by atoms with van der Waals surface area (Å²) < 4.78 is 1.56. The van der Waals surface area contributed by atoms with Crippen LogP contribution in [0.5, 0.6) is 0 Å². The first-order chi connectivity index (χ1) is 15.8. The van der Waals surface area contributed by atoms with Crippen molar-refractivity contribution >= 4 is 34.9 Å². The third kappa shape index (κ3) is 4.06. The summed E-state index contributed by atoms with van der Waals surface area (Å²) in [5.74, 6) is 0.748. The van der Waals surface area contributed by atoms with Crippen LogP contribution < -0.4 is 11.1 Å². The fourth-order valence-electron chi connectivity index (χ4n) is 4.48. The number of hydrogen-bond donors (Lipinski definition) is 2. The van der Waals surface area contributed by atoms with Gasteiger partial charge < -0.3 is 20.8 Å². The number of oxime groups is 1. The molecule has 3 unspecified atom stereocenters. The highest BCUT2D eigenvalue weighted by molar-refractivity contribution is 6.40. The fourth-order valence-corrected chi connectivity index (χ4v) is 5.12. The van der Waals surface area contributed by atoms with E-state index in [0.717, 1.165) is 24.2 Å². The Balaban J connectivity index is 1.28. The summed E-state index contributed by atoms with van der Waals surface area (Å²) in [6.45, 7) is 5.24. The molecule has 3 aliphatic rings. The van der Waals surface area contributed by atoms with Crippen molar-refractivity contribution in [2.75, 3.05) is 13.1 Å². The Labute approximate surface area is 200 Å². The normalized spacial score (nSPS) is 24.1. The minimum atomic E-state index is -0.311. The van der Waals surface area contributed by atoms with Crippen molar-refractivity contribution < 1.29 is 9.63 Å². The summed E-state index contributed by atoms with van der Waals surface area (Å²) in [6, 6.07) is 3.25. The van der Waals surface area contributed by atoms with Crippen molar-refractivity contribution in [3.05, 3.63) is 63.3 Å². The van der Waals surface area contributed by atoms with Crippen LogP contribution in [0.2, 0.25) is 10.0 Å². The molecule has 0 spiro atoms. The van der Waals surface area contributed by atoms with Gasteiger partial charge >= 0.3 is 0 Å². The molecule has 0 saturated carbocycles. The van der Waals surface area contributed by atoms with Crippen molar-refractivity contribution in [1.82, 2.24) is 25.0 Å². The maximum absolute atomic E-state index is 13.0. The van der Waals surface area contributed by atoms with Crippen molar-refractivity contribution in [3.63, 3.8) is 0 Å². The highest BCUT2D eigenvalue weighted by atomic mass is 35.5. The molecule has 1 aromatic heterocycles. The summed E-state index contributed by atoms with van der Waals surface area (Å²) in [6.07, 6.45) is 6.30. The maximum atomic E-state index is 13.0. The second kappa shape index (κ2) is 8.39. The van der Waals surface area contributed by atoms with Crippen LogP contribution in [0.25, 0.3) is 5.69 Å². The zero-order chi connectivity index (χ0) is 23.3. The zero-order valence-electron chi connectivity index (χ0n) is 18.1. The summed E-state index contributed by atoms with van der Waals surface area (Å²) in [4.78, 5) is 24.9. The van der Waals surface area contributed by atoms with E-state index in [1.807, 2.05) is 6.92 Å². The number of nitrogens with two attached hydrogens (primary N) is 1. The molecule has 1 amide bonds. The molecule has 1 saturated heterocycles. The SMILES string of the molecule is CC1=CC2C(N)=NOC2C(N2CCC(NC(=O)c3c(Cl)cc(-n4cnc(C)n4)cc3Cl)C2)=C1. The van der Waals surface area contributed by atoms with E-state index in [9.17, 15) is 4.79 Å². The first-order valence-corrected chi connectivity index (χ1v) is 11.4. The molecule has 1 fully saturated rings. The minimum Gasteiger partial charge on any atom is -0.384 e. The van der Waals surface area contributed by atoms with E-state index in [4.69, 9.17) is 33.8 Å². The monoisotopic (exact) mass is 487 g/mol. The summed E-state index contributed by atoms with van der Waals surface area (Å²) in [5.41, 5.74) is 9.02. The van der Waals surface area contributed by atoms with Crippen LogP contribution in [0.15, 0.2) is 47.0 Å². The van der Waals surface area contributed by atoms with Crippen molar-refractivity contribution in [2.24, 2.45) is 16.8 Å². The van der Waals surface area contributed by atoms with E-state index in [2.05, 4.69) is 37.6 Å². The van der Waals surface area contributed by atoms with E-state index in [-0.39, 0.29) is 39.6 Å². The first kappa shape index (κ1) is 21.8. The molecule has 0 radical (unpaired) electrons. The molecule has 11 heteroatoms. The average Bonchev–Trinajstić information content (AvgIpc) is 3.48. The lowest BCUT2D eigenvalue weighted by Gasteiger charge is -2.30. The van der Waals surface area contributed by atoms with Gasteiger partial charge in [0.15, 0.2) is 11.9 Å². The predicted molar refractivity (Wildman–Crippen MR) is 125 cm³/mol. The van der Waals surface area contributed by atoms with Gasteiger partial charge in [-0.05, 0) is 38.5 Å². The van der Waals surface area contributed by atoms with Gasteiger partial charge in [0.25, 0.3) is 5.91 Å². The Hall–Kier alpha value is -3.04. The Morgan fingerprint density at radius 2 is 2.03 bits per heavy atom. The topological polar surface area (TPSA) is 111 Å². The molecule has 3 atom stereocenters. The van der Waals surface area contributed by atoms with Crippen molar-refractivity contribution in [3.8, 4) is 5.69 Å². The molecule has 1 aromatic carbocycles. The number of carbonyl (C=O) groups is 1. The molecular weight excluding hydrogens is 465 g/mol. The number of amides is 1. The molecule has 0 bridgehead atoms. The lowest BCUT2D eigenvalue weighted by molar-refractivity contribution is 0.0745. The van der Waals surface area contributed by atoms with Crippen LogP contribution in [-0.4, -0.2) is 56.6 Å². The van der Waals surface area contributed by atoms with E-state index in [0.29, 0.717) is 23.9 Å². The molecule has 3 heterocycles. The number of rotatable bonds is 4. The third-order valence-electron chi connectivity index (χ3n) is 6.06. The number of carbonyl (C=O) groups excluding carboxylic acids is 1. The Morgan fingerprint density at radius 3 is 2.73 bits per heavy atom. The van der Waals surface area contributed by atoms with Gasteiger partial charge in [-0.25, -0.2) is 9.67 Å². The fraction of sp³-hybridized carbons (Fsp3) is 0.364. The van der Waals surface area contributed by atoms with E-state index in [1.165, 1.54) is 0 Å². The number of allylic oxidation sites excluding steroid dienone is 2. The lowest BCUT2D eigenvalue weighted by atomic mass is 9.90. The zero-order valence-corrected chi connectivity index (χ0v) is 19.6. The second-order valence-electron chi connectivity index (χ2n) is 8.47. The van der Waals surface area contributed by atoms with Crippen LogP contribution in [-0.2, 0) is 4.84 Å². The van der Waals surface area contributed by atoms with Crippen molar-refractivity contribution in [2.45, 2.75) is 32.4 Å². The molecule has 33 heavy (non-hydrogen) atoms. The smallest absolute Gasteiger partial charge is 0.254 e. The van der Waals surface area contributed by atoms with E-state index < -0.39 is 0 Å². The number of fused-ring (bicyclic) bond motifs is 1. The number of halogens is 2. The van der Waals surface area contributed by atoms with Crippen molar-refractivity contribution in [1.29, 1.82) is 0 Å². The van der Waals surface area contributed by atoms with Gasteiger partial charge in [0.2, 0.25) is 0 Å². The average molecular weight is 488 g/mol. The highest BCUT2D eigenvalue weighted by Gasteiger charge is 2.40. The third-order valence-corrected chi connectivity index (χ3v) is 6.66. The van der Waals surface area contributed by atoms with Crippen LogP contribution in [0.4, 0.5) is 0 Å². The van der Waals surface area contributed by atoms with Gasteiger partial charge in [-0.15, -0.1) is 0 Å². The number of benzene rings is 1. The second-order valence-corrected chi connectivity index (χ2v) is 9.29. The Morgan fingerprint density at radius 1 is 1.27 bits per heavy atom. The highest BCUT2D eigenvalue weighted by Crippen LogP contribution is 2.34. The summed E-state index contributed by atoms with van der Waals surface area (Å²) >= 11 is 12.9. The summed E-state index contributed by atoms with van der Waals surface area (Å²) in [7, 11) is 0. The molecule has 2 aliphatic heterocycles. The standard InChI is InChI=1S/C22H23Cl2N7O2/c1-11-5-15-20(33-29-21(15)25)18(6-11)30-4-3-13(9-30)27-22(32)19-16(23)7-14(8-17(19)24)31-10-26-12(2)28-31/h5-8,10,13,15,20H,3-4,9H2,1-2H3,(H2,25,29)(H,27,32). The quantitative estimate of drug-likeness (QED) is 0.685. The molecule has 5 rings (SSSR count).